The molecule has 1 aliphatic rings. The summed E-state index contributed by atoms with van der Waals surface area (Å²) in [5.74, 6) is 0.390. The monoisotopic (exact) mass is 319 g/mol. The molecule has 1 saturated heterocycles. The molecule has 0 bridgehead atoms. The molecule has 1 amide bonds. The van der Waals surface area contributed by atoms with Crippen LogP contribution in [0, 0.1) is 5.92 Å². The van der Waals surface area contributed by atoms with Gasteiger partial charge < -0.3 is 15.3 Å². The predicted molar refractivity (Wildman–Crippen MR) is 93.6 cm³/mol. The summed E-state index contributed by atoms with van der Waals surface area (Å²) < 4.78 is 0. The second-order valence-corrected chi connectivity index (χ2v) is 6.49. The van der Waals surface area contributed by atoms with Crippen LogP contribution in [0.4, 0.5) is 5.69 Å². The first-order valence-corrected chi connectivity index (χ1v) is 8.49. The molecule has 2 unspecified atom stereocenters. The van der Waals surface area contributed by atoms with Crippen molar-refractivity contribution in [1.29, 1.82) is 0 Å². The largest absolute Gasteiger partial charge is 0.393 e. The highest BCUT2D eigenvalue weighted by Crippen LogP contribution is 2.18. The third-order valence-electron chi connectivity index (χ3n) is 4.55. The zero-order valence-corrected chi connectivity index (χ0v) is 14.2. The standard InChI is InChI=1S/C18H29N3O2/c1-15(22)16-9-12-21(13-16)14-18(23)19-10-6-11-20(2)17-7-4-3-5-8-17/h3-5,7-8,15-16,22H,6,9-14H2,1-2H3,(H,19,23). The summed E-state index contributed by atoms with van der Waals surface area (Å²) in [4.78, 5) is 16.3. The Labute approximate surface area is 139 Å². The fourth-order valence-electron chi connectivity index (χ4n) is 3.01. The SMILES string of the molecule is CC(O)C1CCN(CC(=O)NCCCN(C)c2ccccc2)C1. The van der Waals surface area contributed by atoms with Gasteiger partial charge in [0, 0.05) is 32.4 Å². The number of carbonyl (C=O) groups is 1. The van der Waals surface area contributed by atoms with E-state index in [1.165, 1.54) is 5.69 Å². The van der Waals surface area contributed by atoms with Crippen LogP contribution in [0.1, 0.15) is 19.8 Å². The number of nitrogens with zero attached hydrogens (tertiary/aromatic N) is 2. The first-order valence-electron chi connectivity index (χ1n) is 8.49. The van der Waals surface area contributed by atoms with Crippen molar-refractivity contribution in [1.82, 2.24) is 10.2 Å². The zero-order valence-electron chi connectivity index (χ0n) is 14.2. The molecule has 23 heavy (non-hydrogen) atoms. The number of nitrogens with one attached hydrogen (secondary N) is 1. The second kappa shape index (κ2) is 8.89. The van der Waals surface area contributed by atoms with Gasteiger partial charge >= 0.3 is 0 Å². The van der Waals surface area contributed by atoms with E-state index in [1.54, 1.807) is 0 Å². The quantitative estimate of drug-likeness (QED) is 0.710. The van der Waals surface area contributed by atoms with Gasteiger partial charge in [-0.25, -0.2) is 0 Å². The minimum atomic E-state index is -0.281. The van der Waals surface area contributed by atoms with Crippen molar-refractivity contribution in [2.45, 2.75) is 25.9 Å². The average Bonchev–Trinajstić information content (AvgIpc) is 3.01. The Bertz CT molecular complexity index is 478. The number of rotatable bonds is 8. The van der Waals surface area contributed by atoms with Gasteiger partial charge in [0.05, 0.1) is 12.6 Å². The number of benzene rings is 1. The first kappa shape index (κ1) is 17.8. The summed E-state index contributed by atoms with van der Waals surface area (Å²) in [5.41, 5.74) is 1.19. The number of hydrogen-bond donors (Lipinski definition) is 2. The summed E-state index contributed by atoms with van der Waals surface area (Å²) in [6, 6.07) is 10.3. The molecule has 2 rings (SSSR count). The Balaban J connectivity index is 1.58. The van der Waals surface area contributed by atoms with Crippen molar-refractivity contribution < 1.29 is 9.90 Å². The smallest absolute Gasteiger partial charge is 0.234 e. The van der Waals surface area contributed by atoms with Crippen molar-refractivity contribution in [3.63, 3.8) is 0 Å². The van der Waals surface area contributed by atoms with Gasteiger partial charge in [-0.1, -0.05) is 18.2 Å². The lowest BCUT2D eigenvalue weighted by atomic mass is 10.0. The Morgan fingerprint density at radius 3 is 2.83 bits per heavy atom. The number of aliphatic hydroxyl groups excluding tert-OH is 1. The number of hydrogen-bond acceptors (Lipinski definition) is 4. The molecule has 1 heterocycles. The molecule has 0 spiro atoms. The molecule has 0 saturated carbocycles. The molecule has 0 aromatic heterocycles. The number of para-hydroxylation sites is 1. The molecule has 0 aliphatic carbocycles. The van der Waals surface area contributed by atoms with E-state index in [0.29, 0.717) is 19.0 Å². The molecule has 1 fully saturated rings. The highest BCUT2D eigenvalue weighted by Gasteiger charge is 2.26. The predicted octanol–water partition coefficient (Wildman–Crippen LogP) is 1.33. The summed E-state index contributed by atoms with van der Waals surface area (Å²) in [5, 5.41) is 12.6. The fourth-order valence-corrected chi connectivity index (χ4v) is 3.01. The van der Waals surface area contributed by atoms with Crippen molar-refractivity contribution in [3.05, 3.63) is 30.3 Å². The van der Waals surface area contributed by atoms with Crippen LogP contribution < -0.4 is 10.2 Å². The van der Waals surface area contributed by atoms with Crippen LogP contribution >= 0.6 is 0 Å². The molecule has 1 aromatic carbocycles. The maximum absolute atomic E-state index is 12.0. The average molecular weight is 319 g/mol. The fraction of sp³-hybridized carbons (Fsp3) is 0.611. The van der Waals surface area contributed by atoms with Crippen LogP contribution in [-0.4, -0.2) is 61.8 Å². The Hall–Kier alpha value is -1.59. The van der Waals surface area contributed by atoms with Crippen molar-refractivity contribution >= 4 is 11.6 Å². The van der Waals surface area contributed by atoms with Crippen LogP contribution in [0.3, 0.4) is 0 Å². The molecule has 2 N–H and O–H groups in total. The van der Waals surface area contributed by atoms with E-state index < -0.39 is 0 Å². The minimum absolute atomic E-state index is 0.0820. The van der Waals surface area contributed by atoms with Crippen LogP contribution in [0.25, 0.3) is 0 Å². The summed E-state index contributed by atoms with van der Waals surface area (Å²) in [7, 11) is 2.07. The number of aliphatic hydroxyl groups is 1. The third-order valence-corrected chi connectivity index (χ3v) is 4.55. The summed E-state index contributed by atoms with van der Waals surface area (Å²) in [6.07, 6.45) is 1.62. The highest BCUT2D eigenvalue weighted by molar-refractivity contribution is 5.78. The number of anilines is 1. The Morgan fingerprint density at radius 1 is 1.43 bits per heavy atom. The number of carbonyl (C=O) groups excluding carboxylic acids is 1. The van der Waals surface area contributed by atoms with Gasteiger partial charge in [-0.15, -0.1) is 0 Å². The van der Waals surface area contributed by atoms with Crippen LogP contribution in [0.2, 0.25) is 0 Å². The molecule has 5 nitrogen and oxygen atoms in total. The zero-order chi connectivity index (χ0) is 16.7. The minimum Gasteiger partial charge on any atom is -0.393 e. The van der Waals surface area contributed by atoms with Gasteiger partial charge in [0.1, 0.15) is 0 Å². The number of amides is 1. The molecule has 5 heteroatoms. The van der Waals surface area contributed by atoms with Crippen LogP contribution in [0.5, 0.6) is 0 Å². The maximum Gasteiger partial charge on any atom is 0.234 e. The first-order chi connectivity index (χ1) is 11.1. The third kappa shape index (κ3) is 5.84. The van der Waals surface area contributed by atoms with E-state index >= 15 is 0 Å². The Kier molecular flexibility index (Phi) is 6.86. The molecular weight excluding hydrogens is 290 g/mol. The van der Waals surface area contributed by atoms with E-state index in [-0.39, 0.29) is 12.0 Å². The van der Waals surface area contributed by atoms with Gasteiger partial charge in [-0.2, -0.15) is 0 Å². The highest BCUT2D eigenvalue weighted by atomic mass is 16.3. The van der Waals surface area contributed by atoms with E-state index in [1.807, 2.05) is 25.1 Å². The van der Waals surface area contributed by atoms with Gasteiger partial charge in [0.25, 0.3) is 0 Å². The van der Waals surface area contributed by atoms with E-state index in [4.69, 9.17) is 0 Å². The maximum atomic E-state index is 12.0. The summed E-state index contributed by atoms with van der Waals surface area (Å²) >= 11 is 0. The van der Waals surface area contributed by atoms with E-state index in [0.717, 1.165) is 32.5 Å². The van der Waals surface area contributed by atoms with Gasteiger partial charge in [-0.3, -0.25) is 9.69 Å². The lowest BCUT2D eigenvalue weighted by Crippen LogP contribution is -2.37. The topological polar surface area (TPSA) is 55.8 Å². The second-order valence-electron chi connectivity index (χ2n) is 6.49. The summed E-state index contributed by atoms with van der Waals surface area (Å²) in [6.45, 7) is 5.61. The van der Waals surface area contributed by atoms with Crippen LogP contribution in [-0.2, 0) is 4.79 Å². The lowest BCUT2D eigenvalue weighted by molar-refractivity contribution is -0.122. The van der Waals surface area contributed by atoms with Gasteiger partial charge in [0.15, 0.2) is 0 Å². The van der Waals surface area contributed by atoms with E-state index in [9.17, 15) is 9.90 Å². The molecule has 1 aliphatic heterocycles. The normalized spacial score (nSPS) is 19.5. The Morgan fingerprint density at radius 2 is 2.17 bits per heavy atom. The molecular formula is C18H29N3O2. The molecule has 1 aromatic rings. The lowest BCUT2D eigenvalue weighted by Gasteiger charge is -2.20. The van der Waals surface area contributed by atoms with E-state index in [2.05, 4.69) is 34.3 Å². The number of likely N-dealkylation sites (tertiary alicyclic amines) is 1. The van der Waals surface area contributed by atoms with Crippen molar-refractivity contribution in [2.75, 3.05) is 44.7 Å². The molecule has 0 radical (unpaired) electrons. The van der Waals surface area contributed by atoms with Crippen LogP contribution in [0.15, 0.2) is 30.3 Å². The van der Waals surface area contributed by atoms with Gasteiger partial charge in [-0.05, 0) is 44.4 Å². The molecule has 128 valence electrons. The van der Waals surface area contributed by atoms with Crippen molar-refractivity contribution in [3.8, 4) is 0 Å². The van der Waals surface area contributed by atoms with Crippen molar-refractivity contribution in [2.24, 2.45) is 5.92 Å². The van der Waals surface area contributed by atoms with Gasteiger partial charge in [0.2, 0.25) is 5.91 Å². The molecule has 2 atom stereocenters.